The first-order valence-corrected chi connectivity index (χ1v) is 16.3. The third-order valence-electron chi connectivity index (χ3n) is 7.89. The van der Waals surface area contributed by atoms with Crippen LogP contribution in [0.4, 0.5) is 5.13 Å². The van der Waals surface area contributed by atoms with Crippen LogP contribution >= 0.6 is 34.7 Å². The summed E-state index contributed by atoms with van der Waals surface area (Å²) in [4.78, 5) is 58.5. The first-order valence-electron chi connectivity index (χ1n) is 13.8. The number of thioether (sulfide) groups is 1. The van der Waals surface area contributed by atoms with Gasteiger partial charge >= 0.3 is 0 Å². The Labute approximate surface area is 272 Å². The van der Waals surface area contributed by atoms with Gasteiger partial charge in [-0.15, -0.1) is 23.1 Å². The molecule has 3 aromatic rings. The summed E-state index contributed by atoms with van der Waals surface area (Å²) in [6, 6.07) is 8.63. The van der Waals surface area contributed by atoms with Crippen LogP contribution in [0, 0.1) is 5.92 Å². The Balaban J connectivity index is 1.54. The van der Waals surface area contributed by atoms with Gasteiger partial charge in [-0.1, -0.05) is 30.7 Å². The molecule has 0 fully saturated rings. The fraction of sp³-hybridized carbons (Fsp3) is 0.323. The Morgan fingerprint density at radius 2 is 1.91 bits per heavy atom. The molecule has 2 aliphatic rings. The lowest BCUT2D eigenvalue weighted by molar-refractivity contribution is -0.124. The van der Waals surface area contributed by atoms with Crippen LogP contribution in [0.5, 0.6) is 17.2 Å². The van der Waals surface area contributed by atoms with E-state index in [1.54, 1.807) is 30.6 Å². The lowest BCUT2D eigenvalue weighted by Crippen LogP contribution is -2.53. The van der Waals surface area contributed by atoms with Crippen molar-refractivity contribution in [2.75, 3.05) is 32.3 Å². The molecule has 0 bridgehead atoms. The number of hydrogen-bond acceptors (Lipinski definition) is 11. The van der Waals surface area contributed by atoms with Crippen LogP contribution in [0.3, 0.4) is 0 Å². The topological polar surface area (TPSA) is 153 Å². The fourth-order valence-electron chi connectivity index (χ4n) is 5.65. The highest BCUT2D eigenvalue weighted by molar-refractivity contribution is 7.98. The number of ether oxygens (including phenoxy) is 3. The van der Waals surface area contributed by atoms with E-state index in [0.29, 0.717) is 10.7 Å². The normalized spacial score (nSPS) is 19.6. The van der Waals surface area contributed by atoms with Crippen molar-refractivity contribution in [2.45, 2.75) is 36.2 Å². The van der Waals surface area contributed by atoms with Gasteiger partial charge in [-0.25, -0.2) is 4.98 Å². The number of ketones is 2. The van der Waals surface area contributed by atoms with E-state index in [1.807, 2.05) is 18.4 Å². The van der Waals surface area contributed by atoms with E-state index in [2.05, 4.69) is 15.6 Å². The number of hydrogen-bond donors (Lipinski definition) is 3. The molecular weight excluding hydrogens is 642 g/mol. The number of allylic oxidation sites excluding steroid dienone is 1. The zero-order valence-corrected chi connectivity index (χ0v) is 27.2. The molecule has 0 radical (unpaired) electrons. The number of benzene rings is 2. The van der Waals surface area contributed by atoms with Crippen LogP contribution in [-0.4, -0.2) is 66.1 Å². The zero-order chi connectivity index (χ0) is 32.5. The van der Waals surface area contributed by atoms with Crippen LogP contribution in [0.1, 0.15) is 41.6 Å². The number of rotatable bonds is 10. The first-order chi connectivity index (χ1) is 21.5. The summed E-state index contributed by atoms with van der Waals surface area (Å²) in [5.74, 6) is -4.20. The van der Waals surface area contributed by atoms with E-state index in [0.717, 1.165) is 4.90 Å². The zero-order valence-electron chi connectivity index (χ0n) is 24.8. The summed E-state index contributed by atoms with van der Waals surface area (Å²) in [7, 11) is 2.78. The van der Waals surface area contributed by atoms with Gasteiger partial charge in [-0.2, -0.15) is 0 Å². The smallest absolute Gasteiger partial charge is 0.245 e. The van der Waals surface area contributed by atoms with Gasteiger partial charge in [0.15, 0.2) is 22.4 Å². The molecule has 3 N–H and O–H groups in total. The van der Waals surface area contributed by atoms with Crippen LogP contribution in [0.2, 0.25) is 5.02 Å². The molecular formula is C31H30ClN3O8S2. The van der Waals surface area contributed by atoms with Crippen molar-refractivity contribution in [2.24, 2.45) is 5.92 Å². The number of methoxy groups -OCH3 is 2. The molecule has 2 aromatic carbocycles. The van der Waals surface area contributed by atoms with E-state index >= 15 is 0 Å². The number of thiazole rings is 1. The number of carbonyl (C=O) groups excluding carboxylic acids is 4. The van der Waals surface area contributed by atoms with Crippen LogP contribution in [-0.2, 0) is 14.4 Å². The van der Waals surface area contributed by atoms with E-state index < -0.39 is 46.6 Å². The van der Waals surface area contributed by atoms with Crippen molar-refractivity contribution < 1.29 is 38.5 Å². The van der Waals surface area contributed by atoms with Gasteiger partial charge in [0.25, 0.3) is 0 Å². The Bertz CT molecular complexity index is 1690. The third-order valence-corrected chi connectivity index (χ3v) is 9.68. The van der Waals surface area contributed by atoms with Gasteiger partial charge in [0, 0.05) is 52.8 Å². The predicted molar refractivity (Wildman–Crippen MR) is 170 cm³/mol. The maximum atomic E-state index is 14.2. The van der Waals surface area contributed by atoms with E-state index in [9.17, 15) is 24.3 Å². The van der Waals surface area contributed by atoms with E-state index in [1.165, 1.54) is 43.4 Å². The summed E-state index contributed by atoms with van der Waals surface area (Å²) in [6.07, 6.45) is 2.99. The second kappa shape index (κ2) is 13.1. The SMILES string of the molecule is COc1cc(OC)c2c(c1Cl)OC1(C2=O)C(O)=C(C(CC(=O)NCC(=O)Nc2nccs2)c2ccc(SC)cc2)C(=O)CC1C. The lowest BCUT2D eigenvalue weighted by atomic mass is 9.69. The fourth-order valence-corrected chi connectivity index (χ4v) is 6.86. The summed E-state index contributed by atoms with van der Waals surface area (Å²) in [5.41, 5.74) is -1.57. The van der Waals surface area contributed by atoms with Gasteiger partial charge in [0.1, 0.15) is 22.1 Å². The quantitative estimate of drug-likeness (QED) is 0.245. The van der Waals surface area contributed by atoms with Gasteiger partial charge in [-0.05, 0) is 24.0 Å². The average Bonchev–Trinajstić information content (AvgIpc) is 3.66. The largest absolute Gasteiger partial charge is 0.507 e. The standard InChI is InChI=1S/C31H30ClN3O8S2/c1-15-11-19(36)24(28(39)31(15)29(40)25-20(41-2)13-21(42-3)26(32)27(25)43-31)18(16-5-7-17(44-4)8-6-16)12-22(37)34-14-23(38)35-30-33-9-10-45-30/h5-10,13,15,18,39H,11-12,14H2,1-4H3,(H,34,37)(H,33,35,38). The molecule has 2 amide bonds. The van der Waals surface area contributed by atoms with Crippen LogP contribution in [0.25, 0.3) is 0 Å². The highest BCUT2D eigenvalue weighted by atomic mass is 35.5. The Hall–Kier alpha value is -4.07. The first kappa shape index (κ1) is 32.3. The molecule has 11 nitrogen and oxygen atoms in total. The molecule has 1 spiro atoms. The Kier molecular flexibility index (Phi) is 9.42. The summed E-state index contributed by atoms with van der Waals surface area (Å²) in [6.45, 7) is 1.29. The number of halogens is 1. The summed E-state index contributed by atoms with van der Waals surface area (Å²) in [5, 5.41) is 19.2. The van der Waals surface area contributed by atoms with E-state index in [-0.39, 0.29) is 52.8 Å². The molecule has 1 aromatic heterocycles. The molecule has 1 aliphatic heterocycles. The molecule has 45 heavy (non-hydrogen) atoms. The number of aromatic nitrogens is 1. The van der Waals surface area contributed by atoms with Gasteiger partial charge in [0.05, 0.1) is 20.8 Å². The van der Waals surface area contributed by atoms with E-state index in [4.69, 9.17) is 25.8 Å². The number of fused-ring (bicyclic) bond motifs is 1. The second-order valence-electron chi connectivity index (χ2n) is 10.4. The molecule has 1 aliphatic carbocycles. The molecule has 0 saturated heterocycles. The van der Waals surface area contributed by atoms with Gasteiger partial charge < -0.3 is 30.0 Å². The molecule has 3 atom stereocenters. The minimum atomic E-state index is -2.00. The summed E-state index contributed by atoms with van der Waals surface area (Å²) >= 11 is 9.31. The maximum Gasteiger partial charge on any atom is 0.245 e. The molecule has 14 heteroatoms. The lowest BCUT2D eigenvalue weighted by Gasteiger charge is -2.38. The molecule has 5 rings (SSSR count). The number of anilines is 1. The van der Waals surface area contributed by atoms with Crippen LogP contribution in [0.15, 0.2) is 58.1 Å². The number of nitrogens with one attached hydrogen (secondary N) is 2. The number of Topliss-reactive ketones (excluding diaryl/α,β-unsaturated/α-hetero) is 2. The number of nitrogens with zero attached hydrogens (tertiary/aromatic N) is 1. The Morgan fingerprint density at radius 1 is 1.20 bits per heavy atom. The second-order valence-corrected chi connectivity index (χ2v) is 12.6. The molecule has 2 heterocycles. The summed E-state index contributed by atoms with van der Waals surface area (Å²) < 4.78 is 17.0. The van der Waals surface area contributed by atoms with Crippen molar-refractivity contribution >= 4 is 63.2 Å². The number of amides is 2. The molecule has 0 saturated carbocycles. The average molecular weight is 672 g/mol. The molecule has 3 unspecified atom stereocenters. The van der Waals surface area contributed by atoms with Crippen molar-refractivity contribution in [3.05, 3.63) is 69.4 Å². The minimum Gasteiger partial charge on any atom is -0.507 e. The van der Waals surface area contributed by atoms with Gasteiger partial charge in [0.2, 0.25) is 23.2 Å². The predicted octanol–water partition coefficient (Wildman–Crippen LogP) is 5.20. The van der Waals surface area contributed by atoms with Crippen molar-refractivity contribution in [1.29, 1.82) is 0 Å². The maximum absolute atomic E-state index is 14.2. The van der Waals surface area contributed by atoms with Crippen LogP contribution < -0.4 is 24.8 Å². The van der Waals surface area contributed by atoms with Crippen molar-refractivity contribution in [3.8, 4) is 17.2 Å². The third kappa shape index (κ3) is 5.87. The monoisotopic (exact) mass is 671 g/mol. The highest BCUT2D eigenvalue weighted by Gasteiger charge is 2.61. The van der Waals surface area contributed by atoms with Crippen molar-refractivity contribution in [1.82, 2.24) is 10.3 Å². The van der Waals surface area contributed by atoms with Gasteiger partial charge in [-0.3, -0.25) is 19.2 Å². The minimum absolute atomic E-state index is 0.0107. The number of aliphatic hydroxyl groups is 1. The Morgan fingerprint density at radius 3 is 2.53 bits per heavy atom. The molecule has 236 valence electrons. The highest BCUT2D eigenvalue weighted by Crippen LogP contribution is 2.55. The van der Waals surface area contributed by atoms with Crippen molar-refractivity contribution in [3.63, 3.8) is 0 Å². The number of aliphatic hydroxyl groups excluding tert-OH is 1. The number of carbonyl (C=O) groups is 4.